The van der Waals surface area contributed by atoms with Crippen molar-refractivity contribution in [3.05, 3.63) is 32.8 Å². The second-order valence-electron chi connectivity index (χ2n) is 4.97. The van der Waals surface area contributed by atoms with Crippen LogP contribution in [0.1, 0.15) is 53.5 Å². The first kappa shape index (κ1) is 14.9. The van der Waals surface area contributed by atoms with Gasteiger partial charge in [-0.05, 0) is 45.2 Å². The lowest BCUT2D eigenvalue weighted by Crippen LogP contribution is -2.13. The number of aromatic nitrogens is 3. The van der Waals surface area contributed by atoms with Crippen molar-refractivity contribution < 1.29 is 0 Å². The number of anilines is 1. The molecule has 0 bridgehead atoms. The van der Waals surface area contributed by atoms with Crippen molar-refractivity contribution >= 4 is 17.3 Å². The van der Waals surface area contributed by atoms with Gasteiger partial charge in [0.2, 0.25) is 5.95 Å². The van der Waals surface area contributed by atoms with E-state index in [0.717, 1.165) is 24.2 Å². The van der Waals surface area contributed by atoms with Crippen molar-refractivity contribution in [1.29, 1.82) is 0 Å². The molecule has 0 fully saturated rings. The minimum atomic E-state index is 0.193. The first-order chi connectivity index (χ1) is 9.55. The van der Waals surface area contributed by atoms with Crippen LogP contribution in [-0.2, 0) is 12.8 Å². The molecular weight excluding hydrogens is 268 g/mol. The third kappa shape index (κ3) is 3.15. The fourth-order valence-corrected chi connectivity index (χ4v) is 3.37. The lowest BCUT2D eigenvalue weighted by molar-refractivity contribution is 0.789. The molecule has 2 aromatic heterocycles. The Balaban J connectivity index is 2.19. The van der Waals surface area contributed by atoms with Crippen LogP contribution in [0, 0.1) is 13.8 Å². The molecule has 2 rings (SSSR count). The molecule has 20 heavy (non-hydrogen) atoms. The van der Waals surface area contributed by atoms with Crippen LogP contribution < -0.4 is 5.32 Å². The maximum Gasteiger partial charge on any atom is 0.243 e. The summed E-state index contributed by atoms with van der Waals surface area (Å²) in [5, 5.41) is 11.8. The fourth-order valence-electron chi connectivity index (χ4n) is 2.35. The molecule has 108 valence electrons. The zero-order valence-electron chi connectivity index (χ0n) is 12.8. The summed E-state index contributed by atoms with van der Waals surface area (Å²) in [6, 6.07) is 2.42. The van der Waals surface area contributed by atoms with E-state index in [0.29, 0.717) is 5.95 Å². The van der Waals surface area contributed by atoms with E-state index in [1.807, 2.05) is 11.3 Å². The van der Waals surface area contributed by atoms with Gasteiger partial charge in [0.25, 0.3) is 0 Å². The Hall–Kier alpha value is -1.49. The van der Waals surface area contributed by atoms with Gasteiger partial charge in [0.05, 0.1) is 17.4 Å². The Morgan fingerprint density at radius 2 is 1.85 bits per heavy atom. The highest BCUT2D eigenvalue weighted by atomic mass is 32.1. The predicted octanol–water partition coefficient (Wildman–Crippen LogP) is 3.85. The first-order valence-electron chi connectivity index (χ1n) is 7.11. The number of nitrogens with one attached hydrogen (secondary N) is 1. The summed E-state index contributed by atoms with van der Waals surface area (Å²) in [7, 11) is 0. The second-order valence-corrected chi connectivity index (χ2v) is 6.43. The molecule has 0 spiro atoms. The zero-order valence-corrected chi connectivity index (χ0v) is 13.6. The van der Waals surface area contributed by atoms with Gasteiger partial charge in [-0.3, -0.25) is 0 Å². The molecule has 1 unspecified atom stereocenters. The summed E-state index contributed by atoms with van der Waals surface area (Å²) in [6.45, 7) is 10.6. The molecule has 1 N–H and O–H groups in total. The van der Waals surface area contributed by atoms with Crippen LogP contribution in [0.4, 0.5) is 5.95 Å². The third-order valence-corrected chi connectivity index (χ3v) is 4.38. The summed E-state index contributed by atoms with van der Waals surface area (Å²) >= 11 is 1.83. The van der Waals surface area contributed by atoms with Crippen LogP contribution in [0.25, 0.3) is 0 Å². The van der Waals surface area contributed by atoms with Crippen molar-refractivity contribution in [2.75, 3.05) is 5.32 Å². The Bertz CT molecular complexity index is 592. The molecule has 5 heteroatoms. The molecule has 4 nitrogen and oxygen atoms in total. The van der Waals surface area contributed by atoms with Crippen molar-refractivity contribution in [3.63, 3.8) is 0 Å². The quantitative estimate of drug-likeness (QED) is 0.908. The Morgan fingerprint density at radius 3 is 2.40 bits per heavy atom. The smallest absolute Gasteiger partial charge is 0.243 e. The molecule has 0 saturated carbocycles. The van der Waals surface area contributed by atoms with Crippen LogP contribution in [0.15, 0.2) is 6.07 Å². The van der Waals surface area contributed by atoms with Crippen LogP contribution in [0.2, 0.25) is 0 Å². The van der Waals surface area contributed by atoms with Crippen molar-refractivity contribution in [3.8, 4) is 0 Å². The summed E-state index contributed by atoms with van der Waals surface area (Å²) in [6.07, 6.45) is 1.76. The van der Waals surface area contributed by atoms with Crippen molar-refractivity contribution in [2.24, 2.45) is 0 Å². The summed E-state index contributed by atoms with van der Waals surface area (Å²) in [5.41, 5.74) is 3.34. The largest absolute Gasteiger partial charge is 0.346 e. The molecular formula is C15H22N4S. The highest BCUT2D eigenvalue weighted by Gasteiger charge is 2.13. The zero-order chi connectivity index (χ0) is 14.7. The minimum Gasteiger partial charge on any atom is -0.346 e. The molecule has 1 atom stereocenters. The SMILES string of the molecule is CCc1nnc(NC(C)c2cc(C)sc2C)nc1CC. The summed E-state index contributed by atoms with van der Waals surface area (Å²) in [4.78, 5) is 7.26. The molecule has 0 aromatic carbocycles. The predicted molar refractivity (Wildman–Crippen MR) is 84.4 cm³/mol. The monoisotopic (exact) mass is 290 g/mol. The summed E-state index contributed by atoms with van der Waals surface area (Å²) in [5.74, 6) is 0.620. The number of rotatable bonds is 5. The fraction of sp³-hybridized carbons (Fsp3) is 0.533. The molecule has 0 radical (unpaired) electrons. The maximum atomic E-state index is 4.58. The van der Waals surface area contributed by atoms with E-state index in [-0.39, 0.29) is 6.04 Å². The molecule has 0 aliphatic carbocycles. The van der Waals surface area contributed by atoms with Gasteiger partial charge >= 0.3 is 0 Å². The van der Waals surface area contributed by atoms with E-state index in [2.05, 4.69) is 61.2 Å². The van der Waals surface area contributed by atoms with Gasteiger partial charge < -0.3 is 5.32 Å². The van der Waals surface area contributed by atoms with Gasteiger partial charge in [0, 0.05) is 9.75 Å². The lowest BCUT2D eigenvalue weighted by Gasteiger charge is -2.14. The van der Waals surface area contributed by atoms with E-state index in [9.17, 15) is 0 Å². The van der Waals surface area contributed by atoms with E-state index in [1.165, 1.54) is 15.3 Å². The number of hydrogen-bond donors (Lipinski definition) is 1. The first-order valence-corrected chi connectivity index (χ1v) is 7.92. The molecule has 0 aliphatic rings. The Labute approximate surface area is 124 Å². The number of hydrogen-bond acceptors (Lipinski definition) is 5. The van der Waals surface area contributed by atoms with Gasteiger partial charge in [0.15, 0.2) is 0 Å². The second kappa shape index (κ2) is 6.31. The van der Waals surface area contributed by atoms with Gasteiger partial charge in [-0.15, -0.1) is 16.4 Å². The minimum absolute atomic E-state index is 0.193. The summed E-state index contributed by atoms with van der Waals surface area (Å²) < 4.78 is 0. The maximum absolute atomic E-state index is 4.58. The van der Waals surface area contributed by atoms with Crippen LogP contribution in [0.3, 0.4) is 0 Å². The highest BCUT2D eigenvalue weighted by molar-refractivity contribution is 7.12. The van der Waals surface area contributed by atoms with E-state index in [1.54, 1.807) is 0 Å². The van der Waals surface area contributed by atoms with Crippen molar-refractivity contribution in [2.45, 2.75) is 53.5 Å². The van der Waals surface area contributed by atoms with E-state index < -0.39 is 0 Å². The molecule has 0 amide bonds. The van der Waals surface area contributed by atoms with Crippen molar-refractivity contribution in [1.82, 2.24) is 15.2 Å². The Morgan fingerprint density at radius 1 is 1.15 bits per heavy atom. The molecule has 2 heterocycles. The van der Waals surface area contributed by atoms with Gasteiger partial charge in [-0.1, -0.05) is 13.8 Å². The van der Waals surface area contributed by atoms with Crippen LogP contribution >= 0.6 is 11.3 Å². The number of aryl methyl sites for hydroxylation is 4. The van der Waals surface area contributed by atoms with Crippen LogP contribution in [0.5, 0.6) is 0 Å². The normalized spacial score (nSPS) is 12.4. The lowest BCUT2D eigenvalue weighted by atomic mass is 10.1. The molecule has 2 aromatic rings. The number of nitrogens with zero attached hydrogens (tertiary/aromatic N) is 3. The van der Waals surface area contributed by atoms with E-state index in [4.69, 9.17) is 0 Å². The highest BCUT2D eigenvalue weighted by Crippen LogP contribution is 2.27. The Kier molecular flexibility index (Phi) is 4.70. The average Bonchev–Trinajstić information content (AvgIpc) is 2.77. The average molecular weight is 290 g/mol. The van der Waals surface area contributed by atoms with Gasteiger partial charge in [-0.2, -0.15) is 5.10 Å². The number of thiophene rings is 1. The third-order valence-electron chi connectivity index (χ3n) is 3.40. The molecule has 0 saturated heterocycles. The van der Waals surface area contributed by atoms with Gasteiger partial charge in [0.1, 0.15) is 0 Å². The van der Waals surface area contributed by atoms with Crippen LogP contribution in [-0.4, -0.2) is 15.2 Å². The standard InChI is InChI=1S/C15H22N4S/c1-6-13-14(7-2)18-19-15(17-13)16-10(4)12-8-9(3)20-11(12)5/h8,10H,6-7H2,1-5H3,(H,16,17,19). The van der Waals surface area contributed by atoms with Gasteiger partial charge in [-0.25, -0.2) is 4.98 Å². The topological polar surface area (TPSA) is 50.7 Å². The molecule has 0 aliphatic heterocycles. The van der Waals surface area contributed by atoms with E-state index >= 15 is 0 Å².